The molecule has 0 aliphatic carbocycles. The first-order valence-electron chi connectivity index (χ1n) is 8.16. The van der Waals surface area contributed by atoms with Gasteiger partial charge in [0.2, 0.25) is 5.82 Å². The molecule has 0 atom stereocenters. The van der Waals surface area contributed by atoms with Crippen LogP contribution in [0.1, 0.15) is 16.4 Å². The van der Waals surface area contributed by atoms with Crippen molar-refractivity contribution in [3.63, 3.8) is 0 Å². The van der Waals surface area contributed by atoms with Crippen LogP contribution in [-0.2, 0) is 6.54 Å². The fourth-order valence-electron chi connectivity index (χ4n) is 2.63. The lowest BCUT2D eigenvalue weighted by molar-refractivity contribution is 0.0763. The largest absolute Gasteiger partial charge is 0.467 e. The average molecular weight is 382 g/mol. The van der Waals surface area contributed by atoms with Crippen molar-refractivity contribution in [2.45, 2.75) is 6.54 Å². The minimum atomic E-state index is -0.386. The molecule has 0 aliphatic rings. The third kappa shape index (κ3) is 3.52. The number of rotatable bonds is 5. The highest BCUT2D eigenvalue weighted by atomic mass is 32.1. The lowest BCUT2D eigenvalue weighted by atomic mass is 10.3. The Morgan fingerprint density at radius 1 is 1.26 bits per heavy atom. The van der Waals surface area contributed by atoms with Crippen molar-refractivity contribution in [2.75, 3.05) is 7.05 Å². The third-order valence-corrected chi connectivity index (χ3v) is 4.78. The molecule has 1 aromatic carbocycles. The molecule has 3 heterocycles. The van der Waals surface area contributed by atoms with Gasteiger partial charge in [-0.1, -0.05) is 12.1 Å². The minimum absolute atomic E-state index is 0.0386. The van der Waals surface area contributed by atoms with Gasteiger partial charge in [-0.05, 0) is 41.8 Å². The second-order valence-electron chi connectivity index (χ2n) is 5.87. The first kappa shape index (κ1) is 17.2. The van der Waals surface area contributed by atoms with Crippen LogP contribution >= 0.6 is 11.3 Å². The van der Waals surface area contributed by atoms with E-state index < -0.39 is 0 Å². The van der Waals surface area contributed by atoms with Crippen LogP contribution < -0.4 is 0 Å². The van der Waals surface area contributed by atoms with Crippen molar-refractivity contribution < 1.29 is 13.6 Å². The lowest BCUT2D eigenvalue weighted by Gasteiger charge is -2.13. The van der Waals surface area contributed by atoms with Crippen molar-refractivity contribution in [1.82, 2.24) is 19.7 Å². The van der Waals surface area contributed by atoms with E-state index in [1.807, 2.05) is 17.5 Å². The second kappa shape index (κ2) is 7.16. The molecule has 0 unspecified atom stereocenters. The first-order chi connectivity index (χ1) is 13.1. The summed E-state index contributed by atoms with van der Waals surface area (Å²) in [6, 6.07) is 13.3. The Morgan fingerprint density at radius 2 is 2.15 bits per heavy atom. The summed E-state index contributed by atoms with van der Waals surface area (Å²) in [4.78, 5) is 19.5. The molecule has 0 saturated carbocycles. The van der Waals surface area contributed by atoms with Crippen molar-refractivity contribution in [3.8, 4) is 16.4 Å². The van der Waals surface area contributed by atoms with Crippen LogP contribution in [-0.4, -0.2) is 32.6 Å². The summed E-state index contributed by atoms with van der Waals surface area (Å²) in [5.74, 6) is 0.457. The van der Waals surface area contributed by atoms with Gasteiger partial charge in [0.1, 0.15) is 11.6 Å². The lowest BCUT2D eigenvalue weighted by Crippen LogP contribution is -2.27. The molecule has 27 heavy (non-hydrogen) atoms. The molecule has 0 radical (unpaired) electrons. The zero-order valence-electron chi connectivity index (χ0n) is 14.4. The van der Waals surface area contributed by atoms with Gasteiger partial charge in [-0.25, -0.2) is 14.1 Å². The fraction of sp³-hybridized carbons (Fsp3) is 0.105. The van der Waals surface area contributed by atoms with Crippen LogP contribution in [0.5, 0.6) is 0 Å². The molecule has 136 valence electrons. The number of benzene rings is 1. The highest BCUT2D eigenvalue weighted by Gasteiger charge is 2.22. The number of furan rings is 1. The van der Waals surface area contributed by atoms with E-state index in [-0.39, 0.29) is 17.5 Å². The molecule has 4 rings (SSSR count). The number of thiophene rings is 1. The van der Waals surface area contributed by atoms with Gasteiger partial charge in [0.15, 0.2) is 5.82 Å². The predicted molar refractivity (Wildman–Crippen MR) is 99.1 cm³/mol. The Morgan fingerprint density at radius 3 is 2.85 bits per heavy atom. The van der Waals surface area contributed by atoms with Gasteiger partial charge in [0, 0.05) is 7.05 Å². The molecule has 0 N–H and O–H groups in total. The van der Waals surface area contributed by atoms with Gasteiger partial charge in [-0.3, -0.25) is 4.79 Å². The Kier molecular flexibility index (Phi) is 4.55. The second-order valence-corrected chi connectivity index (χ2v) is 6.82. The molecular formula is C19H15FN4O2S. The maximum Gasteiger partial charge on any atom is 0.293 e. The standard InChI is InChI=1S/C19H15FN4O2S/c1-23(12-15-7-3-9-26-15)19(25)17-21-18(16-8-4-10-27-16)24(22-17)14-6-2-5-13(20)11-14/h2-11H,12H2,1H3. The van der Waals surface area contributed by atoms with Crippen molar-refractivity contribution in [3.05, 3.63) is 77.6 Å². The summed E-state index contributed by atoms with van der Waals surface area (Å²) in [5.41, 5.74) is 0.499. The zero-order valence-corrected chi connectivity index (χ0v) is 15.2. The van der Waals surface area contributed by atoms with Gasteiger partial charge in [0.05, 0.1) is 23.4 Å². The maximum atomic E-state index is 13.7. The van der Waals surface area contributed by atoms with Crippen molar-refractivity contribution in [2.24, 2.45) is 0 Å². The molecule has 8 heteroatoms. The van der Waals surface area contributed by atoms with E-state index in [9.17, 15) is 9.18 Å². The topological polar surface area (TPSA) is 64.2 Å². The molecule has 0 saturated heterocycles. The van der Waals surface area contributed by atoms with Crippen LogP contribution in [0.3, 0.4) is 0 Å². The van der Waals surface area contributed by atoms with Gasteiger partial charge in [0.25, 0.3) is 5.91 Å². The minimum Gasteiger partial charge on any atom is -0.467 e. The van der Waals surface area contributed by atoms with Crippen molar-refractivity contribution >= 4 is 17.2 Å². The normalized spacial score (nSPS) is 10.9. The number of aromatic nitrogens is 3. The van der Waals surface area contributed by atoms with Gasteiger partial charge in [-0.15, -0.1) is 16.4 Å². The van der Waals surface area contributed by atoms with Crippen molar-refractivity contribution in [1.29, 1.82) is 0 Å². The van der Waals surface area contributed by atoms with E-state index in [4.69, 9.17) is 4.42 Å². The fourth-order valence-corrected chi connectivity index (χ4v) is 3.33. The summed E-state index contributed by atoms with van der Waals surface area (Å²) in [7, 11) is 1.65. The summed E-state index contributed by atoms with van der Waals surface area (Å²) >= 11 is 1.47. The number of hydrogen-bond donors (Lipinski definition) is 0. The molecule has 0 aliphatic heterocycles. The van der Waals surface area contributed by atoms with E-state index >= 15 is 0 Å². The third-order valence-electron chi connectivity index (χ3n) is 3.91. The van der Waals surface area contributed by atoms with Crippen LogP contribution in [0, 0.1) is 5.82 Å². The van der Waals surface area contributed by atoms with E-state index in [0.29, 0.717) is 23.8 Å². The molecule has 4 aromatic rings. The smallest absolute Gasteiger partial charge is 0.293 e. The zero-order chi connectivity index (χ0) is 18.8. The van der Waals surface area contributed by atoms with Gasteiger partial charge < -0.3 is 9.32 Å². The van der Waals surface area contributed by atoms with E-state index in [1.54, 1.807) is 37.6 Å². The van der Waals surface area contributed by atoms with Gasteiger partial charge >= 0.3 is 0 Å². The van der Waals surface area contributed by atoms with E-state index in [2.05, 4.69) is 10.1 Å². The molecule has 0 fully saturated rings. The average Bonchev–Trinajstić information content (AvgIpc) is 3.41. The Bertz CT molecular complexity index is 1060. The first-order valence-corrected chi connectivity index (χ1v) is 9.04. The highest BCUT2D eigenvalue weighted by molar-refractivity contribution is 7.13. The summed E-state index contributed by atoms with van der Waals surface area (Å²) < 4.78 is 20.5. The Hall–Kier alpha value is -3.26. The summed E-state index contributed by atoms with van der Waals surface area (Å²) in [5, 5.41) is 6.26. The number of amides is 1. The van der Waals surface area contributed by atoms with Gasteiger partial charge in [-0.2, -0.15) is 0 Å². The Balaban J connectivity index is 1.72. The van der Waals surface area contributed by atoms with Crippen LogP contribution in [0.2, 0.25) is 0 Å². The molecule has 3 aromatic heterocycles. The monoisotopic (exact) mass is 382 g/mol. The number of halogens is 1. The molecule has 0 bridgehead atoms. The molecule has 6 nitrogen and oxygen atoms in total. The number of nitrogens with zero attached hydrogens (tertiary/aromatic N) is 4. The maximum absolute atomic E-state index is 13.7. The van der Waals surface area contributed by atoms with Crippen LogP contribution in [0.15, 0.2) is 64.6 Å². The van der Waals surface area contributed by atoms with E-state index in [0.717, 1.165) is 4.88 Å². The molecule has 1 amide bonds. The highest BCUT2D eigenvalue weighted by Crippen LogP contribution is 2.26. The summed E-state index contributed by atoms with van der Waals surface area (Å²) in [6.45, 7) is 0.300. The SMILES string of the molecule is CN(Cc1ccco1)C(=O)c1nc(-c2cccs2)n(-c2cccc(F)c2)n1. The number of hydrogen-bond acceptors (Lipinski definition) is 5. The predicted octanol–water partition coefficient (Wildman–Crippen LogP) is 4.00. The van der Waals surface area contributed by atoms with Crippen LogP contribution in [0.25, 0.3) is 16.4 Å². The Labute approximate surface area is 158 Å². The van der Waals surface area contributed by atoms with E-state index in [1.165, 1.54) is 33.1 Å². The van der Waals surface area contributed by atoms with Crippen LogP contribution in [0.4, 0.5) is 4.39 Å². The molecule has 0 spiro atoms. The number of carbonyl (C=O) groups excluding carboxylic acids is 1. The quantitative estimate of drug-likeness (QED) is 0.523. The number of carbonyl (C=O) groups is 1. The summed E-state index contributed by atoms with van der Waals surface area (Å²) in [6.07, 6.45) is 1.56. The molecular weight excluding hydrogens is 367 g/mol.